The zero-order valence-electron chi connectivity index (χ0n) is 10.5. The van der Waals surface area contributed by atoms with Crippen LogP contribution in [0.5, 0.6) is 0 Å². The van der Waals surface area contributed by atoms with E-state index in [1.165, 1.54) is 0 Å². The van der Waals surface area contributed by atoms with Gasteiger partial charge in [-0.1, -0.05) is 19.1 Å². The maximum Gasteiger partial charge on any atom is 0.238 e. The molecule has 100 valence electrons. The molecule has 4 nitrogen and oxygen atoms in total. The van der Waals surface area contributed by atoms with Crippen LogP contribution in [0, 0.1) is 0 Å². The summed E-state index contributed by atoms with van der Waals surface area (Å²) in [5.74, 6) is -0.0401. The predicted octanol–water partition coefficient (Wildman–Crippen LogP) is 2.09. The molecule has 5 heteroatoms. The van der Waals surface area contributed by atoms with Gasteiger partial charge in [-0.15, -0.1) is 0 Å². The minimum atomic E-state index is -0.0401. The van der Waals surface area contributed by atoms with Gasteiger partial charge in [0.1, 0.15) is 0 Å². The number of anilines is 1. The summed E-state index contributed by atoms with van der Waals surface area (Å²) in [6, 6.07) is 7.52. The monoisotopic (exact) mass is 314 g/mol. The van der Waals surface area contributed by atoms with Gasteiger partial charge in [0.15, 0.2) is 0 Å². The van der Waals surface area contributed by atoms with Gasteiger partial charge in [-0.3, -0.25) is 9.69 Å². The Bertz CT molecular complexity index is 385. The fourth-order valence-corrected chi connectivity index (χ4v) is 1.98. The van der Waals surface area contributed by atoms with Gasteiger partial charge in [-0.05, 0) is 41.0 Å². The predicted molar refractivity (Wildman–Crippen MR) is 76.6 cm³/mol. The van der Waals surface area contributed by atoms with Crippen molar-refractivity contribution in [2.75, 3.05) is 31.6 Å². The molecular weight excluding hydrogens is 296 g/mol. The largest absolute Gasteiger partial charge is 0.396 e. The van der Waals surface area contributed by atoms with Gasteiger partial charge in [0, 0.05) is 17.6 Å². The van der Waals surface area contributed by atoms with Crippen LogP contribution in [0.3, 0.4) is 0 Å². The molecule has 1 rings (SSSR count). The fourth-order valence-electron chi connectivity index (χ4n) is 1.60. The second-order valence-corrected chi connectivity index (χ2v) is 4.83. The highest BCUT2D eigenvalue weighted by molar-refractivity contribution is 9.10. The summed E-state index contributed by atoms with van der Waals surface area (Å²) in [5.41, 5.74) is 0.778. The van der Waals surface area contributed by atoms with Crippen molar-refractivity contribution in [2.45, 2.75) is 13.3 Å². The smallest absolute Gasteiger partial charge is 0.238 e. The minimum Gasteiger partial charge on any atom is -0.396 e. The van der Waals surface area contributed by atoms with E-state index in [1.54, 1.807) is 0 Å². The molecule has 0 saturated carbocycles. The van der Waals surface area contributed by atoms with Crippen LogP contribution in [-0.4, -0.2) is 42.2 Å². The molecule has 0 atom stereocenters. The van der Waals surface area contributed by atoms with Crippen molar-refractivity contribution in [3.8, 4) is 0 Å². The first-order chi connectivity index (χ1) is 8.67. The number of carbonyl (C=O) groups is 1. The SMILES string of the molecule is CCN(CCCO)CC(=O)Nc1ccccc1Br. The summed E-state index contributed by atoms with van der Waals surface area (Å²) >= 11 is 3.39. The first-order valence-corrected chi connectivity index (χ1v) is 6.84. The van der Waals surface area contributed by atoms with Crippen molar-refractivity contribution >= 4 is 27.5 Å². The highest BCUT2D eigenvalue weighted by Gasteiger charge is 2.09. The summed E-state index contributed by atoms with van der Waals surface area (Å²) in [6.45, 7) is 4.03. The van der Waals surface area contributed by atoms with Crippen LogP contribution in [0.15, 0.2) is 28.7 Å². The molecule has 1 aromatic carbocycles. The van der Waals surface area contributed by atoms with Crippen LogP contribution in [0.1, 0.15) is 13.3 Å². The number of benzene rings is 1. The number of hydrogen-bond donors (Lipinski definition) is 2. The van der Waals surface area contributed by atoms with Gasteiger partial charge in [0.2, 0.25) is 5.91 Å². The zero-order valence-corrected chi connectivity index (χ0v) is 12.1. The Morgan fingerprint density at radius 2 is 2.17 bits per heavy atom. The number of hydrogen-bond acceptors (Lipinski definition) is 3. The highest BCUT2D eigenvalue weighted by Crippen LogP contribution is 2.20. The molecule has 0 aliphatic carbocycles. The molecule has 0 saturated heterocycles. The van der Waals surface area contributed by atoms with Crippen molar-refractivity contribution in [3.63, 3.8) is 0 Å². The van der Waals surface area contributed by atoms with E-state index in [0.717, 1.165) is 23.2 Å². The molecule has 1 amide bonds. The molecule has 18 heavy (non-hydrogen) atoms. The summed E-state index contributed by atoms with van der Waals surface area (Å²) in [7, 11) is 0. The second kappa shape index (κ2) is 8.24. The van der Waals surface area contributed by atoms with Crippen molar-refractivity contribution in [2.24, 2.45) is 0 Å². The molecule has 0 bridgehead atoms. The van der Waals surface area contributed by atoms with Crippen LogP contribution in [0.2, 0.25) is 0 Å². The lowest BCUT2D eigenvalue weighted by atomic mass is 10.3. The number of carbonyl (C=O) groups excluding carboxylic acids is 1. The molecule has 1 aromatic rings. The first-order valence-electron chi connectivity index (χ1n) is 6.05. The van der Waals surface area contributed by atoms with Crippen molar-refractivity contribution < 1.29 is 9.90 Å². The summed E-state index contributed by atoms with van der Waals surface area (Å²) in [5, 5.41) is 11.6. The third-order valence-corrected chi connectivity index (χ3v) is 3.29. The van der Waals surface area contributed by atoms with Gasteiger partial charge in [0.25, 0.3) is 0 Å². The standard InChI is InChI=1S/C13H19BrN2O2/c1-2-16(8-5-9-17)10-13(18)15-12-7-4-3-6-11(12)14/h3-4,6-7,17H,2,5,8-10H2,1H3,(H,15,18). The lowest BCUT2D eigenvalue weighted by Crippen LogP contribution is -2.34. The van der Waals surface area contributed by atoms with Crippen molar-refractivity contribution in [1.82, 2.24) is 4.90 Å². The molecule has 0 fully saturated rings. The number of aliphatic hydroxyl groups is 1. The summed E-state index contributed by atoms with van der Waals surface area (Å²) in [6.07, 6.45) is 0.691. The number of amides is 1. The average Bonchev–Trinajstić information content (AvgIpc) is 2.37. The highest BCUT2D eigenvalue weighted by atomic mass is 79.9. The van der Waals surface area contributed by atoms with E-state index in [4.69, 9.17) is 5.11 Å². The molecule has 0 heterocycles. The number of rotatable bonds is 7. The number of nitrogens with one attached hydrogen (secondary N) is 1. The Morgan fingerprint density at radius 3 is 2.78 bits per heavy atom. The normalized spacial score (nSPS) is 10.7. The summed E-state index contributed by atoms with van der Waals surface area (Å²) in [4.78, 5) is 13.9. The quantitative estimate of drug-likeness (QED) is 0.810. The second-order valence-electron chi connectivity index (χ2n) is 3.97. The van der Waals surface area contributed by atoms with Gasteiger partial charge < -0.3 is 10.4 Å². The fraction of sp³-hybridized carbons (Fsp3) is 0.462. The molecule has 0 unspecified atom stereocenters. The van der Waals surface area contributed by atoms with E-state index in [2.05, 4.69) is 21.2 Å². The third kappa shape index (κ3) is 5.16. The summed E-state index contributed by atoms with van der Waals surface area (Å²) < 4.78 is 0.872. The Hall–Kier alpha value is -0.910. The average molecular weight is 315 g/mol. The molecule has 2 N–H and O–H groups in total. The van der Waals surface area contributed by atoms with Crippen LogP contribution < -0.4 is 5.32 Å². The van der Waals surface area contributed by atoms with Crippen LogP contribution in [0.4, 0.5) is 5.69 Å². The van der Waals surface area contributed by atoms with E-state index in [0.29, 0.717) is 13.0 Å². The lowest BCUT2D eigenvalue weighted by molar-refractivity contribution is -0.117. The number of halogens is 1. The van der Waals surface area contributed by atoms with E-state index >= 15 is 0 Å². The van der Waals surface area contributed by atoms with Gasteiger partial charge in [0.05, 0.1) is 12.2 Å². The van der Waals surface area contributed by atoms with Crippen LogP contribution in [-0.2, 0) is 4.79 Å². The lowest BCUT2D eigenvalue weighted by Gasteiger charge is -2.19. The topological polar surface area (TPSA) is 52.6 Å². The van der Waals surface area contributed by atoms with E-state index in [1.807, 2.05) is 36.1 Å². The maximum atomic E-state index is 11.9. The molecular formula is C13H19BrN2O2. The van der Waals surface area contributed by atoms with Crippen molar-refractivity contribution in [1.29, 1.82) is 0 Å². The number of aliphatic hydroxyl groups excluding tert-OH is 1. The van der Waals surface area contributed by atoms with E-state index < -0.39 is 0 Å². The third-order valence-electron chi connectivity index (χ3n) is 2.59. The number of nitrogens with zero attached hydrogens (tertiary/aromatic N) is 1. The minimum absolute atomic E-state index is 0.0401. The van der Waals surface area contributed by atoms with Gasteiger partial charge in [-0.2, -0.15) is 0 Å². The Labute approximate surface area is 116 Å². The molecule has 0 aliphatic heterocycles. The molecule has 0 radical (unpaired) electrons. The van der Waals surface area contributed by atoms with E-state index in [-0.39, 0.29) is 12.5 Å². The maximum absolute atomic E-state index is 11.9. The van der Waals surface area contributed by atoms with Gasteiger partial charge >= 0.3 is 0 Å². The first kappa shape index (κ1) is 15.1. The van der Waals surface area contributed by atoms with Crippen molar-refractivity contribution in [3.05, 3.63) is 28.7 Å². The zero-order chi connectivity index (χ0) is 13.4. The van der Waals surface area contributed by atoms with Crippen LogP contribution in [0.25, 0.3) is 0 Å². The Morgan fingerprint density at radius 1 is 1.44 bits per heavy atom. The Balaban J connectivity index is 2.48. The number of para-hydroxylation sites is 1. The molecule has 0 aromatic heterocycles. The molecule has 0 aliphatic rings. The molecule has 0 spiro atoms. The number of likely N-dealkylation sites (N-methyl/N-ethyl adjacent to an activating group) is 1. The Kier molecular flexibility index (Phi) is 6.93. The van der Waals surface area contributed by atoms with E-state index in [9.17, 15) is 4.79 Å². The van der Waals surface area contributed by atoms with Crippen LogP contribution >= 0.6 is 15.9 Å². The van der Waals surface area contributed by atoms with Gasteiger partial charge in [-0.25, -0.2) is 0 Å².